The van der Waals surface area contributed by atoms with E-state index in [2.05, 4.69) is 19.2 Å². The molecule has 1 aromatic rings. The highest BCUT2D eigenvalue weighted by atomic mass is 16.3. The summed E-state index contributed by atoms with van der Waals surface area (Å²) < 4.78 is 0. The molecule has 0 saturated heterocycles. The van der Waals surface area contributed by atoms with Gasteiger partial charge in [0.15, 0.2) is 0 Å². The molecule has 0 radical (unpaired) electrons. The van der Waals surface area contributed by atoms with Crippen molar-refractivity contribution in [2.75, 3.05) is 13.1 Å². The van der Waals surface area contributed by atoms with Crippen molar-refractivity contribution in [3.05, 3.63) is 35.4 Å². The van der Waals surface area contributed by atoms with E-state index in [1.165, 1.54) is 31.2 Å². The minimum absolute atomic E-state index is 0.387. The normalized spacial score (nSPS) is 12.6. The molecule has 0 aliphatic rings. The van der Waals surface area contributed by atoms with Gasteiger partial charge < -0.3 is 10.4 Å². The zero-order valence-electron chi connectivity index (χ0n) is 11.1. The van der Waals surface area contributed by atoms with Crippen molar-refractivity contribution >= 4 is 0 Å². The number of benzene rings is 1. The maximum atomic E-state index is 9.95. The van der Waals surface area contributed by atoms with Gasteiger partial charge in [0.25, 0.3) is 0 Å². The topological polar surface area (TPSA) is 32.3 Å². The van der Waals surface area contributed by atoms with Crippen LogP contribution in [-0.2, 0) is 0 Å². The predicted octanol–water partition coefficient (Wildman–Crippen LogP) is 3.20. The summed E-state index contributed by atoms with van der Waals surface area (Å²) in [7, 11) is 0. The molecular weight excluding hydrogens is 210 g/mol. The lowest BCUT2D eigenvalue weighted by molar-refractivity contribution is 0.174. The molecule has 1 unspecified atom stereocenters. The van der Waals surface area contributed by atoms with Crippen molar-refractivity contribution in [2.24, 2.45) is 0 Å². The number of aryl methyl sites for hydroxylation is 1. The van der Waals surface area contributed by atoms with Gasteiger partial charge in [-0.15, -0.1) is 0 Å². The van der Waals surface area contributed by atoms with Gasteiger partial charge in [0.1, 0.15) is 0 Å². The summed E-state index contributed by atoms with van der Waals surface area (Å²) >= 11 is 0. The van der Waals surface area contributed by atoms with Gasteiger partial charge in [-0.2, -0.15) is 0 Å². The first-order chi connectivity index (χ1) is 8.24. The van der Waals surface area contributed by atoms with Gasteiger partial charge in [-0.25, -0.2) is 0 Å². The van der Waals surface area contributed by atoms with E-state index in [9.17, 15) is 5.11 Å². The molecule has 2 N–H and O–H groups in total. The molecule has 1 atom stereocenters. The molecule has 0 spiro atoms. The lowest BCUT2D eigenvalue weighted by Gasteiger charge is -2.12. The van der Waals surface area contributed by atoms with Crippen molar-refractivity contribution in [3.63, 3.8) is 0 Å². The van der Waals surface area contributed by atoms with Crippen LogP contribution in [0.15, 0.2) is 24.3 Å². The van der Waals surface area contributed by atoms with E-state index in [0.29, 0.717) is 6.54 Å². The Kier molecular flexibility index (Phi) is 6.90. The molecular formula is C15H25NO. The van der Waals surface area contributed by atoms with Gasteiger partial charge in [0.05, 0.1) is 6.10 Å². The van der Waals surface area contributed by atoms with Gasteiger partial charge in [0, 0.05) is 6.54 Å². The molecule has 0 fully saturated rings. The van der Waals surface area contributed by atoms with Crippen molar-refractivity contribution in [3.8, 4) is 0 Å². The zero-order chi connectivity index (χ0) is 12.5. The zero-order valence-corrected chi connectivity index (χ0v) is 11.1. The van der Waals surface area contributed by atoms with Crippen LogP contribution in [0.2, 0.25) is 0 Å². The Morgan fingerprint density at radius 2 is 1.82 bits per heavy atom. The third-order valence-electron chi connectivity index (χ3n) is 3.01. The Morgan fingerprint density at radius 3 is 2.47 bits per heavy atom. The Bertz CT molecular complexity index is 294. The van der Waals surface area contributed by atoms with Crippen LogP contribution in [-0.4, -0.2) is 18.2 Å². The minimum Gasteiger partial charge on any atom is -0.387 e. The Morgan fingerprint density at radius 1 is 1.12 bits per heavy atom. The average Bonchev–Trinajstić information content (AvgIpc) is 2.34. The number of aliphatic hydroxyl groups excluding tert-OH is 1. The van der Waals surface area contributed by atoms with Gasteiger partial charge in [-0.05, 0) is 25.5 Å². The highest BCUT2D eigenvalue weighted by Crippen LogP contribution is 2.12. The molecule has 0 saturated carbocycles. The highest BCUT2D eigenvalue weighted by Gasteiger charge is 2.05. The molecule has 0 aliphatic carbocycles. The SMILES string of the molecule is CCCCCCNCC(O)c1ccc(C)cc1. The maximum absolute atomic E-state index is 9.95. The van der Waals surface area contributed by atoms with Crippen LogP contribution in [0.4, 0.5) is 0 Å². The summed E-state index contributed by atoms with van der Waals surface area (Å²) in [5.74, 6) is 0. The third kappa shape index (κ3) is 5.85. The average molecular weight is 235 g/mol. The number of hydrogen-bond acceptors (Lipinski definition) is 2. The molecule has 1 aromatic carbocycles. The lowest BCUT2D eigenvalue weighted by Crippen LogP contribution is -2.22. The van der Waals surface area contributed by atoms with Gasteiger partial charge in [0.2, 0.25) is 0 Å². The summed E-state index contributed by atoms with van der Waals surface area (Å²) in [6, 6.07) is 8.08. The summed E-state index contributed by atoms with van der Waals surface area (Å²) in [5, 5.41) is 13.3. The highest BCUT2D eigenvalue weighted by molar-refractivity contribution is 5.23. The van der Waals surface area contributed by atoms with Crippen LogP contribution in [0.1, 0.15) is 49.8 Å². The van der Waals surface area contributed by atoms with Crippen LogP contribution in [0.5, 0.6) is 0 Å². The molecule has 17 heavy (non-hydrogen) atoms. The van der Waals surface area contributed by atoms with Crippen molar-refractivity contribution in [1.29, 1.82) is 0 Å². The second-order valence-electron chi connectivity index (χ2n) is 4.69. The molecule has 0 bridgehead atoms. The number of aliphatic hydroxyl groups is 1. The molecule has 0 aliphatic heterocycles. The lowest BCUT2D eigenvalue weighted by atomic mass is 10.1. The Balaban J connectivity index is 2.16. The smallest absolute Gasteiger partial charge is 0.0914 e. The summed E-state index contributed by atoms with van der Waals surface area (Å²) in [5.41, 5.74) is 2.23. The van der Waals surface area contributed by atoms with Crippen LogP contribution >= 0.6 is 0 Å². The van der Waals surface area contributed by atoms with Crippen molar-refractivity contribution in [2.45, 2.75) is 45.6 Å². The number of rotatable bonds is 8. The summed E-state index contributed by atoms with van der Waals surface area (Å²) in [4.78, 5) is 0. The Hall–Kier alpha value is -0.860. The maximum Gasteiger partial charge on any atom is 0.0914 e. The fourth-order valence-electron chi connectivity index (χ4n) is 1.82. The fourth-order valence-corrected chi connectivity index (χ4v) is 1.82. The van der Waals surface area contributed by atoms with E-state index >= 15 is 0 Å². The molecule has 2 heteroatoms. The number of hydrogen-bond donors (Lipinski definition) is 2. The van der Waals surface area contributed by atoms with Crippen molar-refractivity contribution in [1.82, 2.24) is 5.32 Å². The largest absolute Gasteiger partial charge is 0.387 e. The third-order valence-corrected chi connectivity index (χ3v) is 3.01. The first-order valence-electron chi connectivity index (χ1n) is 6.69. The van der Waals surface area contributed by atoms with Gasteiger partial charge in [-0.1, -0.05) is 56.0 Å². The van der Waals surface area contributed by atoms with E-state index < -0.39 is 0 Å². The first-order valence-corrected chi connectivity index (χ1v) is 6.69. The number of unbranched alkanes of at least 4 members (excludes halogenated alkanes) is 3. The van der Waals surface area contributed by atoms with Crippen molar-refractivity contribution < 1.29 is 5.11 Å². The van der Waals surface area contributed by atoms with Crippen LogP contribution in [0, 0.1) is 6.92 Å². The van der Waals surface area contributed by atoms with Gasteiger partial charge >= 0.3 is 0 Å². The molecule has 1 rings (SSSR count). The van der Waals surface area contributed by atoms with Crippen LogP contribution in [0.25, 0.3) is 0 Å². The molecule has 96 valence electrons. The van der Waals surface area contributed by atoms with E-state index in [4.69, 9.17) is 0 Å². The van der Waals surface area contributed by atoms with Gasteiger partial charge in [-0.3, -0.25) is 0 Å². The van der Waals surface area contributed by atoms with E-state index in [1.807, 2.05) is 24.3 Å². The van der Waals surface area contributed by atoms with E-state index in [-0.39, 0.29) is 6.10 Å². The molecule has 0 aromatic heterocycles. The predicted molar refractivity (Wildman–Crippen MR) is 73.2 cm³/mol. The van der Waals surface area contributed by atoms with E-state index in [1.54, 1.807) is 0 Å². The summed E-state index contributed by atoms with van der Waals surface area (Å²) in [6.45, 7) is 5.93. The number of nitrogens with one attached hydrogen (secondary N) is 1. The molecule has 0 amide bonds. The monoisotopic (exact) mass is 235 g/mol. The Labute approximate surface area is 105 Å². The standard InChI is InChI=1S/C15H25NO/c1-3-4-5-6-11-16-12-15(17)14-9-7-13(2)8-10-14/h7-10,15-17H,3-6,11-12H2,1-2H3. The first kappa shape index (κ1) is 14.2. The van der Waals surface area contributed by atoms with Crippen LogP contribution < -0.4 is 5.32 Å². The van der Waals surface area contributed by atoms with Crippen LogP contribution in [0.3, 0.4) is 0 Å². The van der Waals surface area contributed by atoms with E-state index in [0.717, 1.165) is 12.1 Å². The quantitative estimate of drug-likeness (QED) is 0.678. The second-order valence-corrected chi connectivity index (χ2v) is 4.69. The summed E-state index contributed by atoms with van der Waals surface area (Å²) in [6.07, 6.45) is 4.68. The minimum atomic E-state index is -0.387. The molecule has 0 heterocycles. The fraction of sp³-hybridized carbons (Fsp3) is 0.600. The molecule has 2 nitrogen and oxygen atoms in total. The second kappa shape index (κ2) is 8.26.